The maximum absolute atomic E-state index is 12.9. The molecule has 2 amide bonds. The van der Waals surface area contributed by atoms with Crippen LogP contribution in [0.25, 0.3) is 5.82 Å². The third-order valence-electron chi connectivity index (χ3n) is 5.19. The number of hydrogen-bond donors (Lipinski definition) is 3. The van der Waals surface area contributed by atoms with Crippen LogP contribution in [0.3, 0.4) is 0 Å². The first-order chi connectivity index (χ1) is 15.3. The second kappa shape index (κ2) is 9.65. The first-order valence-corrected chi connectivity index (χ1v) is 10.4. The Labute approximate surface area is 190 Å². The number of halogens is 1. The zero-order valence-electron chi connectivity index (χ0n) is 18.0. The molecule has 0 aromatic carbocycles. The summed E-state index contributed by atoms with van der Waals surface area (Å²) in [6.45, 7) is 3.55. The molecule has 0 fully saturated rings. The van der Waals surface area contributed by atoms with Gasteiger partial charge in [-0.3, -0.25) is 19.2 Å². The van der Waals surface area contributed by atoms with E-state index >= 15 is 0 Å². The smallest absolute Gasteiger partial charge is 0.248 e. The van der Waals surface area contributed by atoms with Gasteiger partial charge in [0.25, 0.3) is 0 Å². The van der Waals surface area contributed by atoms with E-state index in [-0.39, 0.29) is 11.4 Å². The summed E-state index contributed by atoms with van der Waals surface area (Å²) >= 11 is 6.60. The predicted octanol–water partition coefficient (Wildman–Crippen LogP) is 1.50. The Morgan fingerprint density at radius 2 is 2.19 bits per heavy atom. The molecule has 0 radical (unpaired) electrons. The molecule has 0 saturated heterocycles. The van der Waals surface area contributed by atoms with Crippen LogP contribution >= 0.6 is 11.6 Å². The molecule has 1 aliphatic heterocycles. The van der Waals surface area contributed by atoms with E-state index in [4.69, 9.17) is 17.0 Å². The number of carbonyl (C=O) groups is 2. The Morgan fingerprint density at radius 3 is 2.78 bits per heavy atom. The van der Waals surface area contributed by atoms with Gasteiger partial charge < -0.3 is 16.0 Å². The highest BCUT2D eigenvalue weighted by molar-refractivity contribution is 6.33. The van der Waals surface area contributed by atoms with E-state index in [9.17, 15) is 14.9 Å². The second-order valence-electron chi connectivity index (χ2n) is 7.22. The minimum Gasteiger partial charge on any atom is -0.375 e. The zero-order chi connectivity index (χ0) is 23.4. The number of amides is 2. The van der Waals surface area contributed by atoms with Crippen molar-refractivity contribution in [2.45, 2.75) is 45.7 Å². The molecule has 0 spiro atoms. The SMILES string of the molecule is CN/C(=C\C=N)NC(=O)C(C)N(C(C)=O)c1c(C#N)cnn1-c1nn2c(c1Cl)CCCC2. The highest BCUT2D eigenvalue weighted by Gasteiger charge is 2.33. The molecule has 1 unspecified atom stereocenters. The summed E-state index contributed by atoms with van der Waals surface area (Å²) < 4.78 is 3.15. The van der Waals surface area contributed by atoms with E-state index < -0.39 is 17.9 Å². The van der Waals surface area contributed by atoms with Gasteiger partial charge in [0.05, 0.1) is 11.9 Å². The van der Waals surface area contributed by atoms with E-state index in [1.165, 1.54) is 35.7 Å². The summed E-state index contributed by atoms with van der Waals surface area (Å²) in [7, 11) is 1.59. The molecule has 2 aromatic rings. The van der Waals surface area contributed by atoms with Crippen LogP contribution < -0.4 is 15.5 Å². The van der Waals surface area contributed by atoms with Gasteiger partial charge in [0, 0.05) is 26.7 Å². The molecule has 1 atom stereocenters. The largest absolute Gasteiger partial charge is 0.375 e. The van der Waals surface area contributed by atoms with Crippen molar-refractivity contribution in [1.29, 1.82) is 10.7 Å². The van der Waals surface area contributed by atoms with E-state index in [1.807, 2.05) is 10.8 Å². The van der Waals surface area contributed by atoms with Crippen LogP contribution in [-0.2, 0) is 22.6 Å². The summed E-state index contributed by atoms with van der Waals surface area (Å²) in [4.78, 5) is 26.7. The van der Waals surface area contributed by atoms with Crippen molar-refractivity contribution in [3.63, 3.8) is 0 Å². The van der Waals surface area contributed by atoms with E-state index in [2.05, 4.69) is 20.8 Å². The predicted molar refractivity (Wildman–Crippen MR) is 119 cm³/mol. The number of anilines is 1. The van der Waals surface area contributed by atoms with E-state index in [0.29, 0.717) is 16.7 Å². The van der Waals surface area contributed by atoms with Crippen LogP contribution in [0.4, 0.5) is 5.82 Å². The first-order valence-electron chi connectivity index (χ1n) is 10.1. The van der Waals surface area contributed by atoms with Crippen molar-refractivity contribution in [3.8, 4) is 11.9 Å². The molecular weight excluding hydrogens is 434 g/mol. The number of nitrogens with one attached hydrogen (secondary N) is 3. The van der Waals surface area contributed by atoms with Crippen molar-refractivity contribution in [2.24, 2.45) is 0 Å². The molecule has 0 bridgehead atoms. The van der Waals surface area contributed by atoms with Crippen LogP contribution in [0.5, 0.6) is 0 Å². The third kappa shape index (κ3) is 4.22. The average Bonchev–Trinajstić information content (AvgIpc) is 3.34. The lowest BCUT2D eigenvalue weighted by atomic mass is 10.1. The summed E-state index contributed by atoms with van der Waals surface area (Å²) in [5.74, 6) is -0.276. The molecule has 11 nitrogen and oxygen atoms in total. The van der Waals surface area contributed by atoms with Gasteiger partial charge in [-0.15, -0.1) is 0 Å². The molecule has 0 saturated carbocycles. The van der Waals surface area contributed by atoms with E-state index in [0.717, 1.165) is 37.7 Å². The summed E-state index contributed by atoms with van der Waals surface area (Å²) in [5.41, 5.74) is 0.981. The summed E-state index contributed by atoms with van der Waals surface area (Å²) in [6.07, 6.45) is 6.45. The standard InChI is InChI=1S/C20H24ClN9O2/c1-12(19(32)26-16(24-3)7-8-22)29(13(2)31)20-14(10-23)11-25-30(20)18-17(21)15-6-4-5-9-28(15)27-18/h7-8,11-12,22,24H,4-6,9H2,1-3H3,(H,26,32)/b16-7+,22-8?. The Bertz CT molecular complexity index is 1130. The van der Waals surface area contributed by atoms with E-state index in [1.54, 1.807) is 7.05 Å². The van der Waals surface area contributed by atoms with Gasteiger partial charge in [-0.1, -0.05) is 11.6 Å². The number of nitrogens with zero attached hydrogens (tertiary/aromatic N) is 6. The normalized spacial score (nSPS) is 14.2. The van der Waals surface area contributed by atoms with Crippen molar-refractivity contribution < 1.29 is 9.59 Å². The average molecular weight is 458 g/mol. The van der Waals surface area contributed by atoms with Crippen LogP contribution in [0.15, 0.2) is 18.1 Å². The highest BCUT2D eigenvalue weighted by atomic mass is 35.5. The van der Waals surface area contributed by atoms with Crippen molar-refractivity contribution in [1.82, 2.24) is 30.2 Å². The fourth-order valence-corrected chi connectivity index (χ4v) is 3.92. The third-order valence-corrected chi connectivity index (χ3v) is 5.57. The Hall–Kier alpha value is -3.65. The number of fused-ring (bicyclic) bond motifs is 1. The number of nitriles is 1. The van der Waals surface area contributed by atoms with Gasteiger partial charge in [-0.2, -0.15) is 20.1 Å². The lowest BCUT2D eigenvalue weighted by Gasteiger charge is -2.28. The molecule has 3 heterocycles. The molecular formula is C20H24ClN9O2. The lowest BCUT2D eigenvalue weighted by molar-refractivity contribution is -0.125. The van der Waals surface area contributed by atoms with Gasteiger partial charge in [0.1, 0.15) is 28.5 Å². The topological polar surface area (TPSA) is 145 Å². The highest BCUT2D eigenvalue weighted by Crippen LogP contribution is 2.33. The summed E-state index contributed by atoms with van der Waals surface area (Å²) in [5, 5.41) is 31.5. The fourth-order valence-electron chi connectivity index (χ4n) is 3.61. The number of allylic oxidation sites excluding steroid dienone is 1. The van der Waals surface area contributed by atoms with Crippen molar-refractivity contribution >= 4 is 35.4 Å². The maximum atomic E-state index is 12.9. The second-order valence-corrected chi connectivity index (χ2v) is 7.60. The Balaban J connectivity index is 2.07. The van der Waals surface area contributed by atoms with Crippen molar-refractivity contribution in [2.75, 3.05) is 11.9 Å². The quantitative estimate of drug-likeness (QED) is 0.537. The number of aryl methyl sites for hydroxylation is 1. The molecule has 3 N–H and O–H groups in total. The fraction of sp³-hybridized carbons (Fsp3) is 0.400. The van der Waals surface area contributed by atoms with Crippen LogP contribution in [-0.4, -0.2) is 50.7 Å². The molecule has 1 aliphatic rings. The zero-order valence-corrected chi connectivity index (χ0v) is 18.8. The molecule has 2 aromatic heterocycles. The van der Waals surface area contributed by atoms with Gasteiger partial charge in [-0.05, 0) is 32.3 Å². The lowest BCUT2D eigenvalue weighted by Crippen LogP contribution is -2.49. The van der Waals surface area contributed by atoms with Crippen LogP contribution in [0, 0.1) is 16.7 Å². The minimum absolute atomic E-state index is 0.103. The monoisotopic (exact) mass is 457 g/mol. The molecule has 0 aliphatic carbocycles. The molecule has 3 rings (SSSR count). The van der Waals surface area contributed by atoms with Crippen molar-refractivity contribution in [3.05, 3.63) is 34.4 Å². The minimum atomic E-state index is -1.01. The first kappa shape index (κ1) is 23.0. The Kier molecular flexibility index (Phi) is 6.95. The molecule has 168 valence electrons. The van der Waals surface area contributed by atoms with Gasteiger partial charge in [0.15, 0.2) is 11.6 Å². The maximum Gasteiger partial charge on any atom is 0.248 e. The van der Waals surface area contributed by atoms with Gasteiger partial charge in [0.2, 0.25) is 11.8 Å². The number of hydrogen-bond acceptors (Lipinski definition) is 7. The Morgan fingerprint density at radius 1 is 1.44 bits per heavy atom. The van der Waals surface area contributed by atoms with Gasteiger partial charge >= 0.3 is 0 Å². The molecule has 32 heavy (non-hydrogen) atoms. The number of rotatable bonds is 7. The number of aromatic nitrogens is 4. The number of carbonyl (C=O) groups excluding carboxylic acids is 2. The van der Waals surface area contributed by atoms with Gasteiger partial charge in [-0.25, -0.2) is 0 Å². The summed E-state index contributed by atoms with van der Waals surface area (Å²) in [6, 6.07) is 1.02. The van der Waals surface area contributed by atoms with Crippen LogP contribution in [0.2, 0.25) is 5.02 Å². The molecule has 12 heteroatoms. The van der Waals surface area contributed by atoms with Crippen LogP contribution in [0.1, 0.15) is 37.9 Å².